The number of thioether (sulfide) groups is 1. The van der Waals surface area contributed by atoms with Gasteiger partial charge in [-0.25, -0.2) is 4.98 Å². The van der Waals surface area contributed by atoms with E-state index in [0.717, 1.165) is 22.9 Å². The van der Waals surface area contributed by atoms with Crippen LogP contribution in [0.3, 0.4) is 0 Å². The van der Waals surface area contributed by atoms with Gasteiger partial charge in [-0.05, 0) is 49.7 Å². The van der Waals surface area contributed by atoms with Crippen molar-refractivity contribution in [2.45, 2.75) is 19.0 Å². The van der Waals surface area contributed by atoms with Crippen LogP contribution in [0.1, 0.15) is 21.5 Å². The highest BCUT2D eigenvalue weighted by molar-refractivity contribution is 7.99. The van der Waals surface area contributed by atoms with Gasteiger partial charge in [-0.1, -0.05) is 59.8 Å². The molecule has 0 aliphatic carbocycles. The van der Waals surface area contributed by atoms with Crippen LogP contribution in [0.2, 0.25) is 0 Å². The molecule has 32 heavy (non-hydrogen) atoms. The second-order valence-electron chi connectivity index (χ2n) is 7.37. The summed E-state index contributed by atoms with van der Waals surface area (Å²) in [6, 6.07) is 21.5. The van der Waals surface area contributed by atoms with E-state index in [-0.39, 0.29) is 11.3 Å². The highest BCUT2D eigenvalue weighted by atomic mass is 32.2. The molecule has 0 saturated heterocycles. The number of rotatable bonds is 5. The van der Waals surface area contributed by atoms with Crippen molar-refractivity contribution >= 4 is 34.5 Å². The summed E-state index contributed by atoms with van der Waals surface area (Å²) in [4.78, 5) is 42.7. The minimum atomic E-state index is -0.463. The van der Waals surface area contributed by atoms with Crippen LogP contribution in [-0.4, -0.2) is 27.1 Å². The van der Waals surface area contributed by atoms with Crippen LogP contribution < -0.4 is 10.9 Å². The summed E-state index contributed by atoms with van der Waals surface area (Å²) in [5, 5.41) is 3.27. The molecular formula is C25H21N3O3S. The molecule has 0 saturated carbocycles. The minimum Gasteiger partial charge on any atom is -0.292 e. The van der Waals surface area contributed by atoms with Crippen LogP contribution in [-0.2, 0) is 4.79 Å². The van der Waals surface area contributed by atoms with Gasteiger partial charge in [0.2, 0.25) is 5.91 Å². The third kappa shape index (κ3) is 4.48. The molecule has 160 valence electrons. The van der Waals surface area contributed by atoms with Gasteiger partial charge in [0, 0.05) is 5.56 Å². The maximum absolute atomic E-state index is 13.3. The first-order valence-corrected chi connectivity index (χ1v) is 11.0. The predicted molar refractivity (Wildman–Crippen MR) is 126 cm³/mol. The van der Waals surface area contributed by atoms with E-state index in [1.165, 1.54) is 4.57 Å². The third-order valence-electron chi connectivity index (χ3n) is 4.96. The molecule has 0 aliphatic rings. The Morgan fingerprint density at radius 3 is 2.44 bits per heavy atom. The van der Waals surface area contributed by atoms with Crippen molar-refractivity contribution in [1.29, 1.82) is 0 Å². The SMILES string of the molecule is Cc1ccc(-n2c(SCC(=O)NC(=O)c3ccccc3)nc3ccccc3c2=O)c(C)c1. The lowest BCUT2D eigenvalue weighted by molar-refractivity contribution is -0.117. The molecule has 1 N–H and O–H groups in total. The second-order valence-corrected chi connectivity index (χ2v) is 8.32. The average molecular weight is 444 g/mol. The van der Waals surface area contributed by atoms with Crippen LogP contribution in [0.4, 0.5) is 0 Å². The number of fused-ring (bicyclic) bond motifs is 1. The summed E-state index contributed by atoms with van der Waals surface area (Å²) in [6.45, 7) is 3.92. The number of para-hydroxylation sites is 1. The summed E-state index contributed by atoms with van der Waals surface area (Å²) >= 11 is 1.12. The molecule has 0 unspecified atom stereocenters. The smallest absolute Gasteiger partial charge is 0.266 e. The number of nitrogens with zero attached hydrogens (tertiary/aromatic N) is 2. The van der Waals surface area contributed by atoms with Gasteiger partial charge in [-0.2, -0.15) is 0 Å². The van der Waals surface area contributed by atoms with Crippen LogP contribution in [0.15, 0.2) is 82.7 Å². The number of aryl methyl sites for hydroxylation is 2. The first kappa shape index (κ1) is 21.5. The average Bonchev–Trinajstić information content (AvgIpc) is 2.79. The zero-order chi connectivity index (χ0) is 22.7. The Hall–Kier alpha value is -3.71. The van der Waals surface area contributed by atoms with Gasteiger partial charge in [-0.3, -0.25) is 24.3 Å². The highest BCUT2D eigenvalue weighted by Crippen LogP contribution is 2.23. The number of carbonyl (C=O) groups excluding carboxylic acids is 2. The number of hydrogen-bond acceptors (Lipinski definition) is 5. The molecule has 3 aromatic carbocycles. The van der Waals surface area contributed by atoms with Gasteiger partial charge in [0.25, 0.3) is 11.5 Å². The Labute approximate surface area is 189 Å². The molecule has 0 spiro atoms. The minimum absolute atomic E-state index is 0.0612. The standard InChI is InChI=1S/C25H21N3O3S/c1-16-12-13-21(17(2)14-16)28-24(31)19-10-6-7-11-20(19)26-25(28)32-15-22(29)27-23(30)18-8-4-3-5-9-18/h3-14H,15H2,1-2H3,(H,27,29,30). The van der Waals surface area contributed by atoms with Gasteiger partial charge in [0.1, 0.15) is 0 Å². The van der Waals surface area contributed by atoms with Crippen LogP contribution in [0.5, 0.6) is 0 Å². The number of hydrogen-bond donors (Lipinski definition) is 1. The molecule has 0 bridgehead atoms. The van der Waals surface area contributed by atoms with Gasteiger partial charge >= 0.3 is 0 Å². The van der Waals surface area contributed by atoms with E-state index in [9.17, 15) is 14.4 Å². The highest BCUT2D eigenvalue weighted by Gasteiger charge is 2.17. The molecule has 4 aromatic rings. The molecule has 6 nitrogen and oxygen atoms in total. The summed E-state index contributed by atoms with van der Waals surface area (Å²) in [5.41, 5.74) is 3.48. The lowest BCUT2D eigenvalue weighted by Crippen LogP contribution is -2.32. The summed E-state index contributed by atoms with van der Waals surface area (Å²) in [6.07, 6.45) is 0. The van der Waals surface area contributed by atoms with Crippen molar-refractivity contribution in [3.8, 4) is 5.69 Å². The van der Waals surface area contributed by atoms with Crippen molar-refractivity contribution < 1.29 is 9.59 Å². The zero-order valence-corrected chi connectivity index (χ0v) is 18.5. The number of imide groups is 1. The number of benzene rings is 3. The molecule has 0 radical (unpaired) electrons. The number of nitrogens with one attached hydrogen (secondary N) is 1. The maximum atomic E-state index is 13.3. The zero-order valence-electron chi connectivity index (χ0n) is 17.7. The molecule has 0 atom stereocenters. The summed E-state index contributed by atoms with van der Waals surface area (Å²) < 4.78 is 1.54. The topological polar surface area (TPSA) is 81.1 Å². The van der Waals surface area contributed by atoms with Crippen molar-refractivity contribution in [3.63, 3.8) is 0 Å². The van der Waals surface area contributed by atoms with Gasteiger partial charge < -0.3 is 0 Å². The van der Waals surface area contributed by atoms with E-state index in [0.29, 0.717) is 27.3 Å². The molecular weight excluding hydrogens is 422 g/mol. The van der Waals surface area contributed by atoms with Crippen molar-refractivity contribution in [2.24, 2.45) is 0 Å². The molecule has 1 aromatic heterocycles. The molecule has 7 heteroatoms. The lowest BCUT2D eigenvalue weighted by Gasteiger charge is -2.15. The Morgan fingerprint density at radius 1 is 0.969 bits per heavy atom. The second kappa shape index (κ2) is 9.20. The summed E-state index contributed by atoms with van der Waals surface area (Å²) in [5.74, 6) is -0.985. The van der Waals surface area contributed by atoms with E-state index < -0.39 is 11.8 Å². The molecule has 1 heterocycles. The Bertz CT molecular complexity index is 1380. The Kier molecular flexibility index (Phi) is 6.18. The quantitative estimate of drug-likeness (QED) is 0.372. The van der Waals surface area contributed by atoms with Crippen LogP contribution in [0.25, 0.3) is 16.6 Å². The third-order valence-corrected chi connectivity index (χ3v) is 5.90. The number of aromatic nitrogens is 2. The first-order valence-electron chi connectivity index (χ1n) is 10.1. The van der Waals surface area contributed by atoms with Gasteiger partial charge in [-0.15, -0.1) is 0 Å². The number of amides is 2. The van der Waals surface area contributed by atoms with E-state index in [1.807, 2.05) is 38.1 Å². The van der Waals surface area contributed by atoms with Crippen molar-refractivity contribution in [3.05, 3.63) is 99.8 Å². The van der Waals surface area contributed by atoms with E-state index in [2.05, 4.69) is 10.3 Å². The fourth-order valence-corrected chi connectivity index (χ4v) is 4.24. The van der Waals surface area contributed by atoms with E-state index in [4.69, 9.17) is 0 Å². The van der Waals surface area contributed by atoms with E-state index >= 15 is 0 Å². The Morgan fingerprint density at radius 2 is 1.69 bits per heavy atom. The summed E-state index contributed by atoms with van der Waals surface area (Å²) in [7, 11) is 0. The van der Waals surface area contributed by atoms with E-state index in [1.54, 1.807) is 48.5 Å². The molecule has 0 fully saturated rings. The molecule has 2 amide bonds. The normalized spacial score (nSPS) is 10.8. The van der Waals surface area contributed by atoms with Crippen LogP contribution in [0, 0.1) is 13.8 Å². The van der Waals surface area contributed by atoms with Gasteiger partial charge in [0.15, 0.2) is 5.16 Å². The fraction of sp³-hybridized carbons (Fsp3) is 0.120. The maximum Gasteiger partial charge on any atom is 0.266 e. The molecule has 0 aliphatic heterocycles. The largest absolute Gasteiger partial charge is 0.292 e. The molecule has 4 rings (SSSR count). The van der Waals surface area contributed by atoms with Crippen molar-refractivity contribution in [2.75, 3.05) is 5.75 Å². The van der Waals surface area contributed by atoms with Gasteiger partial charge in [0.05, 0.1) is 22.3 Å². The predicted octanol–water partition coefficient (Wildman–Crippen LogP) is 4.05. The number of carbonyl (C=O) groups is 2. The Balaban J connectivity index is 1.66. The monoisotopic (exact) mass is 443 g/mol. The lowest BCUT2D eigenvalue weighted by atomic mass is 10.1. The first-order chi connectivity index (χ1) is 15.4. The van der Waals surface area contributed by atoms with Crippen LogP contribution >= 0.6 is 11.8 Å². The van der Waals surface area contributed by atoms with Crippen molar-refractivity contribution in [1.82, 2.24) is 14.9 Å². The fourth-order valence-electron chi connectivity index (χ4n) is 3.43.